The summed E-state index contributed by atoms with van der Waals surface area (Å²) in [6.45, 7) is 5.89. The van der Waals surface area contributed by atoms with Gasteiger partial charge in [-0.1, -0.05) is 30.3 Å². The van der Waals surface area contributed by atoms with Gasteiger partial charge in [0.15, 0.2) is 0 Å². The average Bonchev–Trinajstić information content (AvgIpc) is 3.07. The van der Waals surface area contributed by atoms with Gasteiger partial charge in [0.1, 0.15) is 12.7 Å². The van der Waals surface area contributed by atoms with Gasteiger partial charge in [0.2, 0.25) is 0 Å². The Labute approximate surface area is 131 Å². The van der Waals surface area contributed by atoms with Crippen LogP contribution in [0.25, 0.3) is 0 Å². The number of hydrogen-bond acceptors (Lipinski definition) is 4. The molecule has 2 heterocycles. The number of morpholine rings is 1. The summed E-state index contributed by atoms with van der Waals surface area (Å²) in [5.74, 6) is 0. The van der Waals surface area contributed by atoms with Gasteiger partial charge >= 0.3 is 0 Å². The Morgan fingerprint density at radius 3 is 2.95 bits per heavy atom. The second-order valence-electron chi connectivity index (χ2n) is 5.98. The lowest BCUT2D eigenvalue weighted by Crippen LogP contribution is -2.48. The summed E-state index contributed by atoms with van der Waals surface area (Å²) in [5, 5.41) is 4.16. The van der Waals surface area contributed by atoms with E-state index in [1.165, 1.54) is 12.0 Å². The van der Waals surface area contributed by atoms with E-state index < -0.39 is 0 Å². The van der Waals surface area contributed by atoms with Gasteiger partial charge < -0.3 is 4.74 Å². The molecule has 1 aromatic heterocycles. The molecule has 0 aliphatic carbocycles. The van der Waals surface area contributed by atoms with E-state index >= 15 is 0 Å². The molecule has 3 rings (SSSR count). The average molecular weight is 300 g/mol. The molecule has 0 saturated carbocycles. The largest absolute Gasteiger partial charge is 0.374 e. The Bertz CT molecular complexity index is 543. The number of aryl methyl sites for hydroxylation is 1. The van der Waals surface area contributed by atoms with Crippen molar-refractivity contribution in [2.45, 2.75) is 38.5 Å². The molecule has 5 nitrogen and oxygen atoms in total. The molecule has 1 fully saturated rings. The zero-order chi connectivity index (χ0) is 15.2. The summed E-state index contributed by atoms with van der Waals surface area (Å²) >= 11 is 0. The van der Waals surface area contributed by atoms with Crippen LogP contribution in [-0.4, -0.2) is 51.5 Å². The molecule has 1 saturated heterocycles. The zero-order valence-electron chi connectivity index (χ0n) is 13.1. The maximum absolute atomic E-state index is 5.86. The summed E-state index contributed by atoms with van der Waals surface area (Å²) in [5.41, 5.74) is 1.42. The van der Waals surface area contributed by atoms with Crippen molar-refractivity contribution < 1.29 is 4.74 Å². The molecule has 1 aromatic carbocycles. The van der Waals surface area contributed by atoms with E-state index in [0.717, 1.165) is 32.7 Å². The Kier molecular flexibility index (Phi) is 5.19. The molecule has 22 heavy (non-hydrogen) atoms. The summed E-state index contributed by atoms with van der Waals surface area (Å²) < 4.78 is 7.71. The minimum Gasteiger partial charge on any atom is -0.374 e. The van der Waals surface area contributed by atoms with Crippen LogP contribution in [0.15, 0.2) is 43.0 Å². The van der Waals surface area contributed by atoms with Crippen LogP contribution in [0.1, 0.15) is 18.9 Å². The number of aromatic nitrogens is 3. The molecule has 0 radical (unpaired) electrons. The third-order valence-corrected chi connectivity index (χ3v) is 4.34. The van der Waals surface area contributed by atoms with Crippen molar-refractivity contribution >= 4 is 0 Å². The predicted molar refractivity (Wildman–Crippen MR) is 85.6 cm³/mol. The highest BCUT2D eigenvalue weighted by atomic mass is 16.5. The van der Waals surface area contributed by atoms with Gasteiger partial charge in [0.05, 0.1) is 19.3 Å². The van der Waals surface area contributed by atoms with E-state index in [1.807, 2.05) is 4.68 Å². The van der Waals surface area contributed by atoms with Crippen molar-refractivity contribution in [1.82, 2.24) is 19.7 Å². The van der Waals surface area contributed by atoms with Crippen molar-refractivity contribution in [2.24, 2.45) is 0 Å². The Morgan fingerprint density at radius 2 is 2.18 bits per heavy atom. The molecule has 0 bridgehead atoms. The molecular weight excluding hydrogens is 276 g/mol. The normalized spacial score (nSPS) is 20.9. The summed E-state index contributed by atoms with van der Waals surface area (Å²) in [6, 6.07) is 11.3. The minimum absolute atomic E-state index is 0.203. The standard InChI is InChI=1S/C17H24N4O/c1-15(7-8-16-5-3-2-4-6-16)20-9-10-22-17(11-20)12-21-14-18-13-19-21/h2-6,13-15,17H,7-12H2,1H3/t15-,17+/m1/s1. The summed E-state index contributed by atoms with van der Waals surface area (Å²) in [4.78, 5) is 6.52. The van der Waals surface area contributed by atoms with E-state index in [2.05, 4.69) is 52.2 Å². The van der Waals surface area contributed by atoms with E-state index in [1.54, 1.807) is 12.7 Å². The lowest BCUT2D eigenvalue weighted by Gasteiger charge is -2.36. The lowest BCUT2D eigenvalue weighted by atomic mass is 10.0. The maximum Gasteiger partial charge on any atom is 0.137 e. The Hall–Kier alpha value is -1.72. The molecule has 0 spiro atoms. The van der Waals surface area contributed by atoms with Crippen LogP contribution in [0.2, 0.25) is 0 Å². The molecule has 5 heteroatoms. The number of hydrogen-bond donors (Lipinski definition) is 0. The van der Waals surface area contributed by atoms with Crippen molar-refractivity contribution in [2.75, 3.05) is 19.7 Å². The van der Waals surface area contributed by atoms with Gasteiger partial charge in [-0.2, -0.15) is 5.10 Å². The second kappa shape index (κ2) is 7.51. The van der Waals surface area contributed by atoms with E-state index in [0.29, 0.717) is 6.04 Å². The third-order valence-electron chi connectivity index (χ3n) is 4.34. The fourth-order valence-corrected chi connectivity index (χ4v) is 2.99. The van der Waals surface area contributed by atoms with Crippen molar-refractivity contribution in [3.8, 4) is 0 Å². The molecule has 0 amide bonds. The molecule has 2 aromatic rings. The predicted octanol–water partition coefficient (Wildman–Crippen LogP) is 2.00. The Balaban J connectivity index is 1.48. The number of rotatable bonds is 6. The first-order valence-electron chi connectivity index (χ1n) is 8.03. The van der Waals surface area contributed by atoms with Crippen LogP contribution in [0.4, 0.5) is 0 Å². The van der Waals surface area contributed by atoms with E-state index in [-0.39, 0.29) is 6.10 Å². The van der Waals surface area contributed by atoms with Gasteiger partial charge in [-0.15, -0.1) is 0 Å². The fraction of sp³-hybridized carbons (Fsp3) is 0.529. The van der Waals surface area contributed by atoms with Crippen LogP contribution in [0, 0.1) is 0 Å². The first-order valence-corrected chi connectivity index (χ1v) is 8.03. The molecule has 118 valence electrons. The zero-order valence-corrected chi connectivity index (χ0v) is 13.1. The highest BCUT2D eigenvalue weighted by Gasteiger charge is 2.24. The van der Waals surface area contributed by atoms with Crippen LogP contribution in [0.3, 0.4) is 0 Å². The van der Waals surface area contributed by atoms with Crippen LogP contribution in [-0.2, 0) is 17.7 Å². The molecule has 0 unspecified atom stereocenters. The maximum atomic E-state index is 5.86. The molecular formula is C17H24N4O. The molecule has 0 N–H and O–H groups in total. The van der Waals surface area contributed by atoms with Crippen molar-refractivity contribution in [1.29, 1.82) is 0 Å². The topological polar surface area (TPSA) is 43.2 Å². The number of benzene rings is 1. The van der Waals surface area contributed by atoms with Crippen LogP contribution >= 0.6 is 0 Å². The fourth-order valence-electron chi connectivity index (χ4n) is 2.99. The highest BCUT2D eigenvalue weighted by molar-refractivity contribution is 5.14. The van der Waals surface area contributed by atoms with Crippen LogP contribution in [0.5, 0.6) is 0 Å². The lowest BCUT2D eigenvalue weighted by molar-refractivity contribution is -0.0500. The van der Waals surface area contributed by atoms with Gasteiger partial charge in [0.25, 0.3) is 0 Å². The van der Waals surface area contributed by atoms with Gasteiger partial charge in [-0.25, -0.2) is 4.98 Å². The van der Waals surface area contributed by atoms with Crippen molar-refractivity contribution in [3.05, 3.63) is 48.5 Å². The van der Waals surface area contributed by atoms with E-state index in [4.69, 9.17) is 4.74 Å². The van der Waals surface area contributed by atoms with Gasteiger partial charge in [-0.3, -0.25) is 9.58 Å². The monoisotopic (exact) mass is 300 g/mol. The van der Waals surface area contributed by atoms with Gasteiger partial charge in [0, 0.05) is 19.1 Å². The first-order chi connectivity index (χ1) is 10.8. The van der Waals surface area contributed by atoms with Crippen LogP contribution < -0.4 is 0 Å². The SMILES string of the molecule is C[C@H](CCc1ccccc1)N1CCO[C@H](Cn2cncn2)C1. The summed E-state index contributed by atoms with van der Waals surface area (Å²) in [6.07, 6.45) is 5.84. The number of ether oxygens (including phenoxy) is 1. The quantitative estimate of drug-likeness (QED) is 0.818. The van der Waals surface area contributed by atoms with Gasteiger partial charge in [-0.05, 0) is 25.3 Å². The smallest absolute Gasteiger partial charge is 0.137 e. The van der Waals surface area contributed by atoms with Crippen molar-refractivity contribution in [3.63, 3.8) is 0 Å². The Morgan fingerprint density at radius 1 is 1.32 bits per heavy atom. The van der Waals surface area contributed by atoms with E-state index in [9.17, 15) is 0 Å². The highest BCUT2D eigenvalue weighted by Crippen LogP contribution is 2.14. The second-order valence-corrected chi connectivity index (χ2v) is 5.98. The minimum atomic E-state index is 0.203. The summed E-state index contributed by atoms with van der Waals surface area (Å²) in [7, 11) is 0. The first kappa shape index (κ1) is 15.2. The number of nitrogens with zero attached hydrogens (tertiary/aromatic N) is 4. The molecule has 2 atom stereocenters. The third kappa shape index (κ3) is 4.15. The molecule has 1 aliphatic rings. The molecule has 1 aliphatic heterocycles.